The van der Waals surface area contributed by atoms with Gasteiger partial charge in [-0.25, -0.2) is 4.98 Å². The van der Waals surface area contributed by atoms with Crippen molar-refractivity contribution in [1.82, 2.24) is 10.3 Å². The first-order chi connectivity index (χ1) is 8.29. The first kappa shape index (κ1) is 11.6. The molecule has 0 unspecified atom stereocenters. The second-order valence-electron chi connectivity index (χ2n) is 3.34. The van der Waals surface area contributed by atoms with Gasteiger partial charge in [0.1, 0.15) is 0 Å². The van der Waals surface area contributed by atoms with Crippen LogP contribution in [0.15, 0.2) is 24.3 Å². The van der Waals surface area contributed by atoms with Crippen LogP contribution in [0.5, 0.6) is 0 Å². The molecule has 0 aliphatic carbocycles. The number of carbonyl (C=O) groups is 1. The van der Waals surface area contributed by atoms with Crippen LogP contribution in [-0.4, -0.2) is 24.0 Å². The zero-order chi connectivity index (χ0) is 12.1. The third-order valence-corrected chi connectivity index (χ3v) is 3.00. The smallest absolute Gasteiger partial charge is 0.240 e. The molecule has 0 saturated carbocycles. The van der Waals surface area contributed by atoms with Gasteiger partial charge in [-0.1, -0.05) is 29.4 Å². The van der Waals surface area contributed by atoms with Crippen molar-refractivity contribution >= 4 is 32.6 Å². The van der Waals surface area contributed by atoms with E-state index >= 15 is 0 Å². The summed E-state index contributed by atoms with van der Waals surface area (Å²) in [4.78, 5) is 15.8. The fourth-order valence-corrected chi connectivity index (χ4v) is 2.22. The van der Waals surface area contributed by atoms with E-state index in [0.29, 0.717) is 11.7 Å². The number of aromatic nitrogens is 1. The average molecular weight is 245 g/mol. The number of nitrogens with one attached hydrogen (secondary N) is 2. The Morgan fingerprint density at radius 2 is 2.29 bits per heavy atom. The van der Waals surface area contributed by atoms with Crippen molar-refractivity contribution in [2.75, 3.05) is 18.4 Å². The van der Waals surface area contributed by atoms with Gasteiger partial charge in [0.2, 0.25) is 5.91 Å². The molecule has 1 aromatic carbocycles. The summed E-state index contributed by atoms with van der Waals surface area (Å²) in [6.07, 6.45) is 5.06. The highest BCUT2D eigenvalue weighted by Gasteiger charge is 2.06. The normalized spacial score (nSPS) is 10.1. The number of para-hydroxylation sites is 1. The number of amides is 1. The Balaban J connectivity index is 1.99. The molecule has 0 radical (unpaired) electrons. The monoisotopic (exact) mass is 245 g/mol. The Bertz CT molecular complexity index is 537. The fraction of sp³-hybridized carbons (Fsp3) is 0.167. The summed E-state index contributed by atoms with van der Waals surface area (Å²) in [5, 5.41) is 6.16. The Labute approximate surface area is 103 Å². The van der Waals surface area contributed by atoms with Gasteiger partial charge in [0, 0.05) is 0 Å². The van der Waals surface area contributed by atoms with Crippen LogP contribution in [0.2, 0.25) is 0 Å². The van der Waals surface area contributed by atoms with Gasteiger partial charge >= 0.3 is 0 Å². The van der Waals surface area contributed by atoms with E-state index in [0.717, 1.165) is 10.2 Å². The SMILES string of the molecule is C#CCNCC(=O)Nc1nc2ccccc2s1. The number of fused-ring (bicyclic) bond motifs is 1. The molecule has 86 valence electrons. The molecule has 1 amide bonds. The lowest BCUT2D eigenvalue weighted by Crippen LogP contribution is -2.28. The third-order valence-electron chi connectivity index (χ3n) is 2.05. The van der Waals surface area contributed by atoms with E-state index in [2.05, 4.69) is 21.5 Å². The van der Waals surface area contributed by atoms with Crippen LogP contribution in [0.3, 0.4) is 0 Å². The number of carbonyl (C=O) groups excluding carboxylic acids is 1. The van der Waals surface area contributed by atoms with Gasteiger partial charge < -0.3 is 5.32 Å². The summed E-state index contributed by atoms with van der Waals surface area (Å²) in [6.45, 7) is 0.577. The maximum absolute atomic E-state index is 11.5. The molecule has 17 heavy (non-hydrogen) atoms. The van der Waals surface area contributed by atoms with Crippen LogP contribution >= 0.6 is 11.3 Å². The minimum absolute atomic E-state index is 0.140. The largest absolute Gasteiger partial charge is 0.301 e. The zero-order valence-electron chi connectivity index (χ0n) is 9.06. The van der Waals surface area contributed by atoms with Crippen LogP contribution in [0.4, 0.5) is 5.13 Å². The van der Waals surface area contributed by atoms with Gasteiger partial charge in [-0.15, -0.1) is 6.42 Å². The number of hydrogen-bond donors (Lipinski definition) is 2. The summed E-state index contributed by atoms with van der Waals surface area (Å²) in [5.41, 5.74) is 0.893. The van der Waals surface area contributed by atoms with Crippen molar-refractivity contribution in [2.45, 2.75) is 0 Å². The van der Waals surface area contributed by atoms with Crippen molar-refractivity contribution in [3.05, 3.63) is 24.3 Å². The topological polar surface area (TPSA) is 54.0 Å². The average Bonchev–Trinajstić information content (AvgIpc) is 2.71. The highest BCUT2D eigenvalue weighted by molar-refractivity contribution is 7.22. The Morgan fingerprint density at radius 1 is 1.47 bits per heavy atom. The van der Waals surface area contributed by atoms with Crippen molar-refractivity contribution in [3.63, 3.8) is 0 Å². The number of rotatable bonds is 4. The molecular formula is C12H11N3OS. The molecule has 0 atom stereocenters. The Hall–Kier alpha value is -1.90. The summed E-state index contributed by atoms with van der Waals surface area (Å²) < 4.78 is 1.05. The van der Waals surface area contributed by atoms with Gasteiger partial charge in [0.15, 0.2) is 5.13 Å². The minimum atomic E-state index is -0.140. The highest BCUT2D eigenvalue weighted by Crippen LogP contribution is 2.24. The lowest BCUT2D eigenvalue weighted by atomic mass is 10.3. The standard InChI is InChI=1S/C12H11N3OS/c1-2-7-13-8-11(16)15-12-14-9-5-3-4-6-10(9)17-12/h1,3-6,13H,7-8H2,(H,14,15,16). The molecule has 0 bridgehead atoms. The van der Waals surface area contributed by atoms with E-state index in [4.69, 9.17) is 6.42 Å². The highest BCUT2D eigenvalue weighted by atomic mass is 32.1. The second-order valence-corrected chi connectivity index (χ2v) is 4.37. The van der Waals surface area contributed by atoms with Gasteiger partial charge in [-0.3, -0.25) is 10.1 Å². The van der Waals surface area contributed by atoms with Crippen molar-refractivity contribution < 1.29 is 4.79 Å². The number of anilines is 1. The molecule has 4 nitrogen and oxygen atoms in total. The van der Waals surface area contributed by atoms with Crippen molar-refractivity contribution in [1.29, 1.82) is 0 Å². The molecule has 1 heterocycles. The van der Waals surface area contributed by atoms with E-state index in [1.165, 1.54) is 11.3 Å². The third kappa shape index (κ3) is 3.03. The first-order valence-corrected chi connectivity index (χ1v) is 5.91. The summed E-state index contributed by atoms with van der Waals surface area (Å²) in [7, 11) is 0. The predicted molar refractivity (Wildman–Crippen MR) is 70.0 cm³/mol. The maximum Gasteiger partial charge on any atom is 0.240 e. The lowest BCUT2D eigenvalue weighted by molar-refractivity contribution is -0.115. The molecule has 2 rings (SSSR count). The van der Waals surface area contributed by atoms with Crippen LogP contribution in [0, 0.1) is 12.3 Å². The van der Waals surface area contributed by atoms with Crippen LogP contribution < -0.4 is 10.6 Å². The van der Waals surface area contributed by atoms with E-state index in [1.807, 2.05) is 24.3 Å². The van der Waals surface area contributed by atoms with Crippen LogP contribution in [0.25, 0.3) is 10.2 Å². The molecular weight excluding hydrogens is 234 g/mol. The molecule has 1 aromatic heterocycles. The molecule has 0 spiro atoms. The Kier molecular flexibility index (Phi) is 3.70. The molecule has 0 aliphatic heterocycles. The van der Waals surface area contributed by atoms with Gasteiger partial charge in [-0.2, -0.15) is 0 Å². The fourth-order valence-electron chi connectivity index (χ4n) is 1.34. The second kappa shape index (κ2) is 5.43. The van der Waals surface area contributed by atoms with E-state index in [-0.39, 0.29) is 12.5 Å². The molecule has 0 fully saturated rings. The van der Waals surface area contributed by atoms with E-state index in [1.54, 1.807) is 0 Å². The number of terminal acetylenes is 1. The van der Waals surface area contributed by atoms with Gasteiger partial charge in [0.05, 0.1) is 23.3 Å². The molecule has 0 aliphatic rings. The summed E-state index contributed by atoms with van der Waals surface area (Å²) in [5.74, 6) is 2.26. The zero-order valence-corrected chi connectivity index (χ0v) is 9.88. The number of hydrogen-bond acceptors (Lipinski definition) is 4. The molecule has 2 aromatic rings. The molecule has 2 N–H and O–H groups in total. The summed E-state index contributed by atoms with van der Waals surface area (Å²) >= 11 is 1.45. The predicted octanol–water partition coefficient (Wildman–Crippen LogP) is 1.46. The number of thiazole rings is 1. The first-order valence-electron chi connectivity index (χ1n) is 5.09. The van der Waals surface area contributed by atoms with E-state index < -0.39 is 0 Å². The van der Waals surface area contributed by atoms with Gasteiger partial charge in [-0.05, 0) is 12.1 Å². The van der Waals surface area contributed by atoms with Gasteiger partial charge in [0.25, 0.3) is 0 Å². The molecule has 0 saturated heterocycles. The van der Waals surface area contributed by atoms with Crippen molar-refractivity contribution in [2.24, 2.45) is 0 Å². The minimum Gasteiger partial charge on any atom is -0.301 e. The summed E-state index contributed by atoms with van der Waals surface area (Å²) in [6, 6.07) is 7.75. The number of nitrogens with zero attached hydrogens (tertiary/aromatic N) is 1. The van der Waals surface area contributed by atoms with E-state index in [9.17, 15) is 4.79 Å². The molecule has 5 heteroatoms. The quantitative estimate of drug-likeness (QED) is 0.633. The van der Waals surface area contributed by atoms with Crippen LogP contribution in [-0.2, 0) is 4.79 Å². The maximum atomic E-state index is 11.5. The lowest BCUT2D eigenvalue weighted by Gasteiger charge is -2.00. The Morgan fingerprint density at radius 3 is 3.06 bits per heavy atom. The van der Waals surface area contributed by atoms with Crippen molar-refractivity contribution in [3.8, 4) is 12.3 Å². The van der Waals surface area contributed by atoms with Crippen LogP contribution in [0.1, 0.15) is 0 Å². The number of benzene rings is 1.